The number of nitrogens with zero attached hydrogens (tertiary/aromatic N) is 1. The smallest absolute Gasteiger partial charge is 0.355 e. The number of thiazole rings is 1. The molecule has 5 nitrogen and oxygen atoms in total. The molecule has 0 fully saturated rings. The summed E-state index contributed by atoms with van der Waals surface area (Å²) >= 11 is 1.22. The van der Waals surface area contributed by atoms with E-state index in [0.717, 1.165) is 0 Å². The number of aromatic nitrogens is 1. The first-order valence-corrected chi connectivity index (χ1v) is 5.56. The minimum absolute atomic E-state index is 0.0142. The lowest BCUT2D eigenvalue weighted by Gasteiger charge is -2.00. The minimum Gasteiger partial charge on any atom is -0.476 e. The third-order valence-corrected chi connectivity index (χ3v) is 2.63. The van der Waals surface area contributed by atoms with Crippen molar-refractivity contribution in [1.82, 2.24) is 10.3 Å². The van der Waals surface area contributed by atoms with Crippen LogP contribution in [0.4, 0.5) is 0 Å². The second kappa shape index (κ2) is 6.02. The van der Waals surface area contributed by atoms with Crippen molar-refractivity contribution in [1.29, 1.82) is 0 Å². The summed E-state index contributed by atoms with van der Waals surface area (Å²) in [4.78, 5) is 25.6. The summed E-state index contributed by atoms with van der Waals surface area (Å²) in [5.41, 5.74) is 0.0142. The summed E-state index contributed by atoms with van der Waals surface area (Å²) in [5.74, 6) is -1.15. The molecular weight excluding hydrogens is 228 g/mol. The summed E-state index contributed by atoms with van der Waals surface area (Å²) in [6.45, 7) is 3.79. The number of rotatable bonds is 6. The van der Waals surface area contributed by atoms with E-state index in [2.05, 4.69) is 16.9 Å². The van der Waals surface area contributed by atoms with Crippen molar-refractivity contribution in [3.05, 3.63) is 28.7 Å². The van der Waals surface area contributed by atoms with Crippen LogP contribution in [0.25, 0.3) is 0 Å². The zero-order chi connectivity index (χ0) is 12.0. The Kier molecular flexibility index (Phi) is 4.65. The van der Waals surface area contributed by atoms with Crippen molar-refractivity contribution in [2.75, 3.05) is 0 Å². The normalized spacial score (nSPS) is 9.75. The van der Waals surface area contributed by atoms with Gasteiger partial charge in [-0.3, -0.25) is 4.79 Å². The van der Waals surface area contributed by atoms with Gasteiger partial charge < -0.3 is 10.4 Å². The molecule has 0 bridgehead atoms. The molecule has 0 saturated carbocycles. The van der Waals surface area contributed by atoms with Gasteiger partial charge in [0.1, 0.15) is 5.01 Å². The fourth-order valence-electron chi connectivity index (χ4n) is 0.986. The fourth-order valence-corrected chi connectivity index (χ4v) is 1.69. The number of carboxylic acids is 1. The van der Waals surface area contributed by atoms with Crippen LogP contribution in [0.15, 0.2) is 18.0 Å². The van der Waals surface area contributed by atoms with Gasteiger partial charge >= 0.3 is 5.97 Å². The van der Waals surface area contributed by atoms with Crippen LogP contribution >= 0.6 is 11.3 Å². The van der Waals surface area contributed by atoms with E-state index in [1.165, 1.54) is 16.7 Å². The number of carbonyl (C=O) groups excluding carboxylic acids is 1. The van der Waals surface area contributed by atoms with E-state index in [1.54, 1.807) is 6.08 Å². The first-order chi connectivity index (χ1) is 7.63. The average molecular weight is 240 g/mol. The number of carboxylic acid groups (broad SMARTS) is 1. The van der Waals surface area contributed by atoms with Crippen molar-refractivity contribution >= 4 is 23.2 Å². The zero-order valence-corrected chi connectivity index (χ0v) is 9.42. The van der Waals surface area contributed by atoms with E-state index in [4.69, 9.17) is 5.11 Å². The Bertz CT molecular complexity index is 401. The van der Waals surface area contributed by atoms with E-state index in [-0.39, 0.29) is 18.1 Å². The van der Waals surface area contributed by atoms with Gasteiger partial charge in [0, 0.05) is 11.8 Å². The molecule has 1 heterocycles. The maximum Gasteiger partial charge on any atom is 0.355 e. The van der Waals surface area contributed by atoms with Gasteiger partial charge in [0.15, 0.2) is 5.69 Å². The number of hydrogen-bond acceptors (Lipinski definition) is 4. The lowest BCUT2D eigenvalue weighted by atomic mass is 10.3. The Labute approximate surface area is 96.8 Å². The third-order valence-electron chi connectivity index (χ3n) is 1.78. The molecule has 0 spiro atoms. The molecule has 0 aliphatic rings. The lowest BCUT2D eigenvalue weighted by Crippen LogP contribution is -2.22. The average Bonchev–Trinajstić information content (AvgIpc) is 2.72. The lowest BCUT2D eigenvalue weighted by molar-refractivity contribution is -0.121. The van der Waals surface area contributed by atoms with Gasteiger partial charge in [-0.25, -0.2) is 9.78 Å². The summed E-state index contributed by atoms with van der Waals surface area (Å²) in [6, 6.07) is 0. The predicted octanol–water partition coefficient (Wildman–Crippen LogP) is 1.42. The second-order valence-electron chi connectivity index (χ2n) is 3.04. The van der Waals surface area contributed by atoms with E-state index < -0.39 is 5.97 Å². The molecule has 16 heavy (non-hydrogen) atoms. The third kappa shape index (κ3) is 3.82. The van der Waals surface area contributed by atoms with Crippen LogP contribution in [0.5, 0.6) is 0 Å². The predicted molar refractivity (Wildman–Crippen MR) is 60.4 cm³/mol. The Hall–Kier alpha value is -1.69. The first-order valence-electron chi connectivity index (χ1n) is 4.68. The summed E-state index contributed by atoms with van der Waals surface area (Å²) in [5, 5.41) is 13.3. The number of amides is 1. The number of carbonyl (C=O) groups is 2. The van der Waals surface area contributed by atoms with Crippen molar-refractivity contribution < 1.29 is 14.7 Å². The van der Waals surface area contributed by atoms with E-state index >= 15 is 0 Å². The molecule has 0 radical (unpaired) electrons. The van der Waals surface area contributed by atoms with Crippen molar-refractivity contribution in [2.45, 2.75) is 19.4 Å². The number of hydrogen-bond donors (Lipinski definition) is 2. The summed E-state index contributed by atoms with van der Waals surface area (Å²) in [7, 11) is 0. The Morgan fingerprint density at radius 3 is 2.94 bits per heavy atom. The van der Waals surface area contributed by atoms with Crippen LogP contribution in [0.3, 0.4) is 0 Å². The van der Waals surface area contributed by atoms with E-state index in [0.29, 0.717) is 17.8 Å². The molecule has 1 aromatic rings. The molecule has 0 aliphatic carbocycles. The number of aromatic carboxylic acids is 1. The molecule has 6 heteroatoms. The Balaban J connectivity index is 2.39. The number of nitrogens with one attached hydrogen (secondary N) is 1. The highest BCUT2D eigenvalue weighted by Gasteiger charge is 2.08. The van der Waals surface area contributed by atoms with Crippen molar-refractivity contribution in [3.63, 3.8) is 0 Å². The van der Waals surface area contributed by atoms with Crippen LogP contribution in [-0.4, -0.2) is 22.0 Å². The monoisotopic (exact) mass is 240 g/mol. The molecule has 1 aromatic heterocycles. The maximum absolute atomic E-state index is 11.2. The second-order valence-corrected chi connectivity index (χ2v) is 3.98. The van der Waals surface area contributed by atoms with Gasteiger partial charge in [0.2, 0.25) is 5.91 Å². The van der Waals surface area contributed by atoms with Crippen LogP contribution in [0.2, 0.25) is 0 Å². The minimum atomic E-state index is -1.06. The maximum atomic E-state index is 11.2. The van der Waals surface area contributed by atoms with Gasteiger partial charge in [-0.1, -0.05) is 6.08 Å². The fraction of sp³-hybridized carbons (Fsp3) is 0.300. The number of allylic oxidation sites excluding steroid dienone is 1. The summed E-state index contributed by atoms with van der Waals surface area (Å²) < 4.78 is 0. The standard InChI is InChI=1S/C10H12N2O3S/c1-2-3-4-8(13)11-5-9-12-7(6-16-9)10(14)15/h2,6H,1,3-5H2,(H,11,13)(H,14,15). The highest BCUT2D eigenvalue weighted by atomic mass is 32.1. The van der Waals surface area contributed by atoms with Gasteiger partial charge in [-0.15, -0.1) is 17.9 Å². The quantitative estimate of drug-likeness (QED) is 0.737. The molecule has 0 atom stereocenters. The van der Waals surface area contributed by atoms with Crippen molar-refractivity contribution in [2.24, 2.45) is 0 Å². The van der Waals surface area contributed by atoms with Gasteiger partial charge in [-0.2, -0.15) is 0 Å². The van der Waals surface area contributed by atoms with E-state index in [9.17, 15) is 9.59 Å². The molecule has 0 saturated heterocycles. The van der Waals surface area contributed by atoms with Gasteiger partial charge in [0.25, 0.3) is 0 Å². The molecule has 1 rings (SSSR count). The molecule has 0 aliphatic heterocycles. The Morgan fingerprint density at radius 2 is 2.38 bits per heavy atom. The topological polar surface area (TPSA) is 79.3 Å². The highest BCUT2D eigenvalue weighted by molar-refractivity contribution is 7.09. The largest absolute Gasteiger partial charge is 0.476 e. The highest BCUT2D eigenvalue weighted by Crippen LogP contribution is 2.09. The van der Waals surface area contributed by atoms with E-state index in [1.807, 2.05) is 0 Å². The molecule has 0 aromatic carbocycles. The SMILES string of the molecule is C=CCCC(=O)NCc1nc(C(=O)O)cs1. The molecule has 2 N–H and O–H groups in total. The first kappa shape index (κ1) is 12.4. The van der Waals surface area contributed by atoms with Crippen LogP contribution in [-0.2, 0) is 11.3 Å². The zero-order valence-electron chi connectivity index (χ0n) is 8.60. The van der Waals surface area contributed by atoms with Gasteiger partial charge in [0.05, 0.1) is 6.54 Å². The molecular formula is C10H12N2O3S. The van der Waals surface area contributed by atoms with Crippen LogP contribution in [0.1, 0.15) is 28.3 Å². The summed E-state index contributed by atoms with van der Waals surface area (Å²) in [6.07, 6.45) is 2.69. The Morgan fingerprint density at radius 1 is 1.62 bits per heavy atom. The molecule has 1 amide bonds. The van der Waals surface area contributed by atoms with Gasteiger partial charge in [-0.05, 0) is 6.42 Å². The van der Waals surface area contributed by atoms with Crippen molar-refractivity contribution in [3.8, 4) is 0 Å². The van der Waals surface area contributed by atoms with Crippen LogP contribution in [0, 0.1) is 0 Å². The van der Waals surface area contributed by atoms with Crippen LogP contribution < -0.4 is 5.32 Å². The molecule has 0 unspecified atom stereocenters. The molecule has 86 valence electrons.